The number of hydrogen-bond donors (Lipinski definition) is 1. The van der Waals surface area contributed by atoms with Crippen molar-refractivity contribution in [1.82, 2.24) is 4.90 Å². The predicted molar refractivity (Wildman–Crippen MR) is 113 cm³/mol. The number of rotatable bonds is 7. The highest BCUT2D eigenvalue weighted by Crippen LogP contribution is 2.29. The summed E-state index contributed by atoms with van der Waals surface area (Å²) in [6.45, 7) is 3.56. The minimum Gasteiger partial charge on any atom is -0.490 e. The first kappa shape index (κ1) is 21.9. The first-order valence-corrected chi connectivity index (χ1v) is 10.3. The third-order valence-corrected chi connectivity index (χ3v) is 4.98. The van der Waals surface area contributed by atoms with E-state index in [9.17, 15) is 14.0 Å². The van der Waals surface area contributed by atoms with Gasteiger partial charge in [-0.25, -0.2) is 4.39 Å². The van der Waals surface area contributed by atoms with Crippen molar-refractivity contribution in [2.45, 2.75) is 26.2 Å². The topological polar surface area (TPSA) is 67.9 Å². The van der Waals surface area contributed by atoms with Gasteiger partial charge >= 0.3 is 0 Å². The Morgan fingerprint density at radius 3 is 2.57 bits per heavy atom. The second-order valence-electron chi connectivity index (χ2n) is 6.90. The molecule has 1 N–H and O–H groups in total. The fourth-order valence-electron chi connectivity index (χ4n) is 3.20. The Kier molecular flexibility index (Phi) is 7.52. The van der Waals surface area contributed by atoms with Gasteiger partial charge in [0.25, 0.3) is 11.8 Å². The summed E-state index contributed by atoms with van der Waals surface area (Å²) in [6, 6.07) is 8.51. The summed E-state index contributed by atoms with van der Waals surface area (Å²) in [4.78, 5) is 26.7. The molecule has 1 aliphatic heterocycles. The highest BCUT2D eigenvalue weighted by molar-refractivity contribution is 6.31. The van der Waals surface area contributed by atoms with Crippen LogP contribution in [-0.4, -0.2) is 43.0 Å². The van der Waals surface area contributed by atoms with Crippen molar-refractivity contribution < 1.29 is 23.5 Å². The third-order valence-electron chi connectivity index (χ3n) is 4.74. The number of anilines is 1. The molecular weight excluding hydrogens is 411 g/mol. The zero-order chi connectivity index (χ0) is 21.5. The lowest BCUT2D eigenvalue weighted by atomic mass is 10.1. The van der Waals surface area contributed by atoms with Crippen LogP contribution in [0.5, 0.6) is 11.5 Å². The van der Waals surface area contributed by atoms with E-state index in [1.807, 2.05) is 0 Å². The highest BCUT2D eigenvalue weighted by Gasteiger charge is 2.19. The van der Waals surface area contributed by atoms with Crippen molar-refractivity contribution in [3.8, 4) is 11.5 Å². The van der Waals surface area contributed by atoms with Crippen LogP contribution in [0.15, 0.2) is 36.4 Å². The molecule has 0 aliphatic carbocycles. The molecular formula is C22H24ClFN2O4. The number of carbonyl (C=O) groups excluding carboxylic acids is 2. The van der Waals surface area contributed by atoms with Crippen molar-refractivity contribution >= 4 is 29.1 Å². The van der Waals surface area contributed by atoms with Crippen molar-refractivity contribution in [3.05, 3.63) is 52.8 Å². The van der Waals surface area contributed by atoms with Gasteiger partial charge in [0.1, 0.15) is 5.82 Å². The molecule has 8 heteroatoms. The molecule has 0 spiro atoms. The van der Waals surface area contributed by atoms with E-state index >= 15 is 0 Å². The van der Waals surface area contributed by atoms with Gasteiger partial charge in [-0.2, -0.15) is 0 Å². The third kappa shape index (κ3) is 5.63. The van der Waals surface area contributed by atoms with Crippen molar-refractivity contribution in [3.63, 3.8) is 0 Å². The van der Waals surface area contributed by atoms with E-state index in [4.69, 9.17) is 21.1 Å². The van der Waals surface area contributed by atoms with Crippen LogP contribution < -0.4 is 14.8 Å². The van der Waals surface area contributed by atoms with Crippen molar-refractivity contribution in [2.24, 2.45) is 0 Å². The lowest BCUT2D eigenvalue weighted by Gasteiger charge is -2.26. The van der Waals surface area contributed by atoms with Crippen LogP contribution in [0, 0.1) is 5.82 Å². The molecule has 2 aromatic carbocycles. The Bertz CT molecular complexity index is 916. The highest BCUT2D eigenvalue weighted by atomic mass is 35.5. The molecule has 1 fully saturated rings. The average Bonchev–Trinajstić information content (AvgIpc) is 2.76. The average molecular weight is 435 g/mol. The summed E-state index contributed by atoms with van der Waals surface area (Å²) in [5.74, 6) is -0.478. The zero-order valence-corrected chi connectivity index (χ0v) is 17.5. The number of nitrogens with one attached hydrogen (secondary N) is 1. The van der Waals surface area contributed by atoms with E-state index in [2.05, 4.69) is 5.32 Å². The second kappa shape index (κ2) is 10.3. The van der Waals surface area contributed by atoms with Crippen LogP contribution in [-0.2, 0) is 4.79 Å². The van der Waals surface area contributed by atoms with Crippen LogP contribution >= 0.6 is 11.6 Å². The minimum atomic E-state index is -0.589. The molecule has 0 atom stereocenters. The first-order valence-electron chi connectivity index (χ1n) is 9.91. The van der Waals surface area contributed by atoms with Crippen LogP contribution in [0.3, 0.4) is 0 Å². The van der Waals surface area contributed by atoms with Gasteiger partial charge in [-0.3, -0.25) is 9.59 Å². The molecule has 6 nitrogen and oxygen atoms in total. The molecule has 0 unspecified atom stereocenters. The largest absolute Gasteiger partial charge is 0.490 e. The van der Waals surface area contributed by atoms with Crippen molar-refractivity contribution in [1.29, 1.82) is 0 Å². The first-order chi connectivity index (χ1) is 14.5. The van der Waals surface area contributed by atoms with Gasteiger partial charge in [-0.15, -0.1) is 0 Å². The number of amides is 2. The summed E-state index contributed by atoms with van der Waals surface area (Å²) in [6.07, 6.45) is 3.15. The molecule has 3 rings (SSSR count). The SMILES string of the molecule is CCOc1cc(C(=O)Nc2cc(Cl)ccc2F)ccc1OCC(=O)N1CCCCC1. The number of piperidine rings is 1. The summed E-state index contributed by atoms with van der Waals surface area (Å²) in [5, 5.41) is 2.80. The fourth-order valence-corrected chi connectivity index (χ4v) is 3.37. The molecule has 0 bridgehead atoms. The molecule has 0 aromatic heterocycles. The Hall–Kier alpha value is -2.80. The van der Waals surface area contributed by atoms with Crippen LogP contribution in [0.1, 0.15) is 36.5 Å². The Morgan fingerprint density at radius 1 is 1.07 bits per heavy atom. The maximum Gasteiger partial charge on any atom is 0.260 e. The number of carbonyl (C=O) groups is 2. The van der Waals surface area contributed by atoms with Crippen molar-refractivity contribution in [2.75, 3.05) is 31.6 Å². The molecule has 0 saturated carbocycles. The normalized spacial score (nSPS) is 13.6. The Morgan fingerprint density at radius 2 is 1.83 bits per heavy atom. The molecule has 160 valence electrons. The zero-order valence-electron chi connectivity index (χ0n) is 16.7. The molecule has 0 radical (unpaired) electrons. The Labute approximate surface area is 179 Å². The number of benzene rings is 2. The van der Waals surface area contributed by atoms with E-state index < -0.39 is 11.7 Å². The lowest BCUT2D eigenvalue weighted by molar-refractivity contribution is -0.134. The van der Waals surface area contributed by atoms with Crippen LogP contribution in [0.25, 0.3) is 0 Å². The van der Waals surface area contributed by atoms with Gasteiger partial charge in [-0.05, 0) is 62.6 Å². The smallest absolute Gasteiger partial charge is 0.260 e. The number of likely N-dealkylation sites (tertiary alicyclic amines) is 1. The van der Waals surface area contributed by atoms with E-state index in [1.54, 1.807) is 17.9 Å². The van der Waals surface area contributed by atoms with Gasteiger partial charge in [0.15, 0.2) is 18.1 Å². The number of ether oxygens (including phenoxy) is 2. The van der Waals surface area contributed by atoms with Gasteiger partial charge in [0.2, 0.25) is 0 Å². The molecule has 1 heterocycles. The second-order valence-corrected chi connectivity index (χ2v) is 7.34. The van der Waals surface area contributed by atoms with E-state index in [0.717, 1.165) is 32.4 Å². The summed E-state index contributed by atoms with van der Waals surface area (Å²) < 4.78 is 25.1. The fraction of sp³-hybridized carbons (Fsp3) is 0.364. The van der Waals surface area contributed by atoms with Gasteiger partial charge in [0, 0.05) is 23.7 Å². The standard InChI is InChI=1S/C22H24ClFN2O4/c1-2-29-20-12-15(22(28)25-18-13-16(23)7-8-17(18)24)6-9-19(20)30-14-21(27)26-10-4-3-5-11-26/h6-9,12-13H,2-5,10-11,14H2,1H3,(H,25,28). The maximum absolute atomic E-state index is 13.9. The monoisotopic (exact) mass is 434 g/mol. The Balaban J connectivity index is 1.70. The molecule has 1 aliphatic rings. The molecule has 30 heavy (non-hydrogen) atoms. The molecule has 1 saturated heterocycles. The summed E-state index contributed by atoms with van der Waals surface area (Å²) >= 11 is 5.86. The number of halogens is 2. The molecule has 2 aromatic rings. The van der Waals surface area contributed by atoms with Gasteiger partial charge < -0.3 is 19.7 Å². The number of nitrogens with zero attached hydrogens (tertiary/aromatic N) is 1. The molecule has 2 amide bonds. The lowest BCUT2D eigenvalue weighted by Crippen LogP contribution is -2.38. The number of hydrogen-bond acceptors (Lipinski definition) is 4. The quantitative estimate of drug-likeness (QED) is 0.695. The van der Waals surface area contributed by atoms with E-state index in [0.29, 0.717) is 23.1 Å². The summed E-state index contributed by atoms with van der Waals surface area (Å²) in [7, 11) is 0. The van der Waals surface area contributed by atoms with Crippen LogP contribution in [0.2, 0.25) is 5.02 Å². The van der Waals surface area contributed by atoms with E-state index in [-0.39, 0.29) is 23.8 Å². The summed E-state index contributed by atoms with van der Waals surface area (Å²) in [5.41, 5.74) is 0.241. The predicted octanol–water partition coefficient (Wildman–Crippen LogP) is 4.52. The van der Waals surface area contributed by atoms with Crippen LogP contribution in [0.4, 0.5) is 10.1 Å². The van der Waals surface area contributed by atoms with Gasteiger partial charge in [-0.1, -0.05) is 11.6 Å². The minimum absolute atomic E-state index is 0.0158. The maximum atomic E-state index is 13.9. The van der Waals surface area contributed by atoms with Gasteiger partial charge in [0.05, 0.1) is 12.3 Å². The van der Waals surface area contributed by atoms with E-state index in [1.165, 1.54) is 30.3 Å².